The topological polar surface area (TPSA) is 81.1 Å². The predicted octanol–water partition coefficient (Wildman–Crippen LogP) is -0.484. The van der Waals surface area contributed by atoms with E-state index in [1.54, 1.807) is 22.9 Å². The number of halogens is 1. The first kappa shape index (κ1) is 8.47. The Balaban J connectivity index is 3.32. The van der Waals surface area contributed by atoms with Gasteiger partial charge in [0.1, 0.15) is 5.82 Å². The monoisotopic (exact) mass is 267 g/mol. The van der Waals surface area contributed by atoms with E-state index in [0.717, 1.165) is 0 Å². The van der Waals surface area contributed by atoms with Crippen LogP contribution >= 0.6 is 22.9 Å². The van der Waals surface area contributed by atoms with Crippen molar-refractivity contribution in [1.29, 1.82) is 0 Å². The summed E-state index contributed by atoms with van der Waals surface area (Å²) in [6, 6.07) is 0. The number of anilines is 1. The maximum Gasteiger partial charge on any atom is 0.358 e. The highest BCUT2D eigenvalue weighted by molar-refractivity contribution is 14.1. The van der Waals surface area contributed by atoms with Crippen molar-refractivity contribution < 1.29 is 5.11 Å². The lowest BCUT2D eigenvalue weighted by Crippen LogP contribution is -2.18. The molecule has 0 fully saturated rings. The molecule has 0 radical (unpaired) electrons. The average molecular weight is 267 g/mol. The molecule has 1 heterocycles. The van der Waals surface area contributed by atoms with Crippen LogP contribution in [0.2, 0.25) is 0 Å². The van der Waals surface area contributed by atoms with Gasteiger partial charge >= 0.3 is 5.69 Å². The van der Waals surface area contributed by atoms with Crippen LogP contribution in [0.4, 0.5) is 5.82 Å². The van der Waals surface area contributed by atoms with Crippen LogP contribution in [0.5, 0.6) is 0 Å². The largest absolute Gasteiger partial charge is 0.391 e. The molecular weight excluding hydrogens is 261 g/mol. The molecule has 0 unspecified atom stereocenters. The fourth-order valence-corrected chi connectivity index (χ4v) is 1.05. The molecule has 0 atom stereocenters. The standard InChI is InChI=1S/C5H6IN3O2/c6-9-1-3(2-10)4(7)8-5(9)11/h1,10H,2H2,(H2,7,8,11). The Hall–Kier alpha value is -0.630. The Bertz CT molecular complexity index is 322. The van der Waals surface area contributed by atoms with Gasteiger partial charge in [-0.1, -0.05) is 0 Å². The van der Waals surface area contributed by atoms with E-state index in [-0.39, 0.29) is 12.4 Å². The van der Waals surface area contributed by atoms with Crippen LogP contribution in [-0.2, 0) is 6.61 Å². The maximum absolute atomic E-state index is 10.8. The second-order valence-corrected chi connectivity index (χ2v) is 2.94. The highest BCUT2D eigenvalue weighted by Gasteiger charge is 2.01. The van der Waals surface area contributed by atoms with E-state index in [1.165, 1.54) is 8.98 Å². The van der Waals surface area contributed by atoms with Gasteiger partial charge in [0, 0.05) is 11.8 Å². The van der Waals surface area contributed by atoms with Gasteiger partial charge in [0.15, 0.2) is 0 Å². The number of aromatic nitrogens is 2. The van der Waals surface area contributed by atoms with Crippen molar-refractivity contribution >= 4 is 28.7 Å². The minimum absolute atomic E-state index is 0.0883. The van der Waals surface area contributed by atoms with Crippen LogP contribution in [-0.4, -0.2) is 12.9 Å². The highest BCUT2D eigenvalue weighted by atomic mass is 127. The van der Waals surface area contributed by atoms with Gasteiger partial charge in [0.25, 0.3) is 0 Å². The zero-order valence-electron chi connectivity index (χ0n) is 5.49. The van der Waals surface area contributed by atoms with Crippen LogP contribution in [0, 0.1) is 0 Å². The quantitative estimate of drug-likeness (QED) is 0.673. The van der Waals surface area contributed by atoms with E-state index in [0.29, 0.717) is 5.56 Å². The van der Waals surface area contributed by atoms with Crippen molar-refractivity contribution in [2.75, 3.05) is 5.73 Å². The molecule has 1 aromatic rings. The number of hydrogen-bond donors (Lipinski definition) is 2. The van der Waals surface area contributed by atoms with Crippen LogP contribution in [0.25, 0.3) is 0 Å². The van der Waals surface area contributed by atoms with Crippen molar-refractivity contribution in [1.82, 2.24) is 7.76 Å². The molecule has 1 rings (SSSR count). The molecule has 1 aromatic heterocycles. The molecule has 0 aliphatic carbocycles. The Kier molecular flexibility index (Phi) is 2.45. The minimum Gasteiger partial charge on any atom is -0.391 e. The van der Waals surface area contributed by atoms with Gasteiger partial charge in [-0.2, -0.15) is 4.98 Å². The highest BCUT2D eigenvalue weighted by Crippen LogP contribution is 2.04. The zero-order chi connectivity index (χ0) is 8.43. The second-order valence-electron chi connectivity index (χ2n) is 1.90. The SMILES string of the molecule is Nc1nc(=O)n(I)cc1CO. The summed E-state index contributed by atoms with van der Waals surface area (Å²) < 4.78 is 1.24. The normalized spacial score (nSPS) is 10.0. The van der Waals surface area contributed by atoms with Crippen molar-refractivity contribution in [2.45, 2.75) is 6.61 Å². The number of nitrogen functional groups attached to an aromatic ring is 1. The third kappa shape index (κ3) is 1.69. The summed E-state index contributed by atoms with van der Waals surface area (Å²) in [5.41, 5.74) is 5.34. The smallest absolute Gasteiger partial charge is 0.358 e. The summed E-state index contributed by atoms with van der Waals surface area (Å²) in [7, 11) is 0. The number of aliphatic hydroxyl groups excluding tert-OH is 1. The first-order valence-electron chi connectivity index (χ1n) is 2.80. The first-order chi connectivity index (χ1) is 5.15. The molecule has 0 saturated heterocycles. The van der Waals surface area contributed by atoms with E-state index in [2.05, 4.69) is 4.98 Å². The van der Waals surface area contributed by atoms with Gasteiger partial charge in [-0.15, -0.1) is 0 Å². The molecule has 0 aliphatic rings. The third-order valence-electron chi connectivity index (χ3n) is 1.17. The second kappa shape index (κ2) is 3.18. The Morgan fingerprint density at radius 3 is 3.00 bits per heavy atom. The molecule has 0 aliphatic heterocycles. The summed E-state index contributed by atoms with van der Waals surface area (Å²) in [6.07, 6.45) is 1.45. The molecule has 0 spiro atoms. The Morgan fingerprint density at radius 2 is 2.45 bits per heavy atom. The molecule has 0 saturated carbocycles. The molecule has 11 heavy (non-hydrogen) atoms. The fourth-order valence-electron chi connectivity index (χ4n) is 0.603. The fraction of sp³-hybridized carbons (Fsp3) is 0.200. The molecule has 0 aromatic carbocycles. The van der Waals surface area contributed by atoms with Crippen molar-refractivity contribution in [3.8, 4) is 0 Å². The zero-order valence-corrected chi connectivity index (χ0v) is 7.65. The number of rotatable bonds is 1. The summed E-state index contributed by atoms with van der Waals surface area (Å²) in [6.45, 7) is -0.206. The average Bonchev–Trinajstić information content (AvgIpc) is 1.97. The summed E-state index contributed by atoms with van der Waals surface area (Å²) in [5, 5.41) is 8.70. The van der Waals surface area contributed by atoms with Crippen molar-refractivity contribution in [2.24, 2.45) is 0 Å². The Labute approximate surface area is 76.4 Å². The van der Waals surface area contributed by atoms with E-state index in [1.807, 2.05) is 0 Å². The van der Waals surface area contributed by atoms with Gasteiger partial charge < -0.3 is 10.8 Å². The number of nitrogens with zero attached hydrogens (tertiary/aromatic N) is 2. The molecule has 6 heteroatoms. The summed E-state index contributed by atoms with van der Waals surface area (Å²) in [4.78, 5) is 14.3. The lowest BCUT2D eigenvalue weighted by atomic mass is 10.3. The molecule has 0 amide bonds. The Morgan fingerprint density at radius 1 is 1.82 bits per heavy atom. The third-order valence-corrected chi connectivity index (χ3v) is 1.86. The van der Waals surface area contributed by atoms with Crippen LogP contribution in [0.1, 0.15) is 5.56 Å². The van der Waals surface area contributed by atoms with Gasteiger partial charge in [0.2, 0.25) is 0 Å². The molecule has 60 valence electrons. The lowest BCUT2D eigenvalue weighted by molar-refractivity contribution is 0.281. The summed E-state index contributed by atoms with van der Waals surface area (Å²) >= 11 is 1.76. The van der Waals surface area contributed by atoms with Crippen molar-refractivity contribution in [3.63, 3.8) is 0 Å². The number of nitrogens with two attached hydrogens (primary N) is 1. The van der Waals surface area contributed by atoms with Crippen LogP contribution in [0.15, 0.2) is 11.0 Å². The molecule has 0 bridgehead atoms. The van der Waals surface area contributed by atoms with E-state index in [4.69, 9.17) is 10.8 Å². The van der Waals surface area contributed by atoms with Gasteiger partial charge in [0.05, 0.1) is 29.5 Å². The van der Waals surface area contributed by atoms with Crippen LogP contribution in [0.3, 0.4) is 0 Å². The minimum atomic E-state index is -0.430. The predicted molar refractivity (Wildman–Crippen MR) is 48.3 cm³/mol. The maximum atomic E-state index is 10.8. The van der Waals surface area contributed by atoms with E-state index in [9.17, 15) is 4.79 Å². The van der Waals surface area contributed by atoms with Crippen LogP contribution < -0.4 is 11.4 Å². The number of aliphatic hydroxyl groups is 1. The molecule has 3 N–H and O–H groups in total. The first-order valence-corrected chi connectivity index (χ1v) is 3.76. The molecular formula is C5H6IN3O2. The van der Waals surface area contributed by atoms with Gasteiger partial charge in [-0.3, -0.25) is 0 Å². The van der Waals surface area contributed by atoms with E-state index < -0.39 is 5.69 Å². The van der Waals surface area contributed by atoms with Gasteiger partial charge in [-0.25, -0.2) is 7.58 Å². The van der Waals surface area contributed by atoms with E-state index >= 15 is 0 Å². The van der Waals surface area contributed by atoms with Gasteiger partial charge in [-0.05, 0) is 0 Å². The lowest BCUT2D eigenvalue weighted by Gasteiger charge is -2.00. The summed E-state index contributed by atoms with van der Waals surface area (Å²) in [5.74, 6) is 0.0883. The number of hydrogen-bond acceptors (Lipinski definition) is 4. The molecule has 5 nitrogen and oxygen atoms in total. The van der Waals surface area contributed by atoms with Crippen molar-refractivity contribution in [3.05, 3.63) is 22.2 Å².